The van der Waals surface area contributed by atoms with Gasteiger partial charge in [-0.1, -0.05) is 25.7 Å². The Bertz CT molecular complexity index is 321. The minimum Gasteiger partial charge on any atom is -0.366 e. The van der Waals surface area contributed by atoms with Gasteiger partial charge in [0.15, 0.2) is 0 Å². The van der Waals surface area contributed by atoms with Gasteiger partial charge in [0.2, 0.25) is 0 Å². The molecule has 0 aromatic heterocycles. The van der Waals surface area contributed by atoms with Gasteiger partial charge in [-0.2, -0.15) is 0 Å². The summed E-state index contributed by atoms with van der Waals surface area (Å²) in [5, 5.41) is 0. The van der Waals surface area contributed by atoms with E-state index in [0.29, 0.717) is 12.2 Å². The monoisotopic (exact) mass is 250 g/mol. The zero-order valence-electron chi connectivity index (χ0n) is 11.8. The largest absolute Gasteiger partial charge is 0.366 e. The summed E-state index contributed by atoms with van der Waals surface area (Å²) in [5.74, 6) is 1.50. The van der Waals surface area contributed by atoms with Crippen LogP contribution in [0.1, 0.15) is 65.2 Å². The summed E-state index contributed by atoms with van der Waals surface area (Å²) in [5.41, 5.74) is 0.399. The molecular formula is C16H26O2. The summed E-state index contributed by atoms with van der Waals surface area (Å²) in [6.07, 6.45) is 12.0. The Hall–Kier alpha value is -0.0800. The van der Waals surface area contributed by atoms with Gasteiger partial charge >= 0.3 is 0 Å². The Morgan fingerprint density at radius 3 is 1.50 bits per heavy atom. The summed E-state index contributed by atoms with van der Waals surface area (Å²) < 4.78 is 12.2. The topological polar surface area (TPSA) is 25.1 Å². The standard InChI is InChI=1S/C16H26O2/c1-15-11(7-3-5-9-13(15)17-15)12-8-4-6-10-14-16(12,2)18-14/h11-14H,3-10H2,1-2H3. The van der Waals surface area contributed by atoms with Gasteiger partial charge in [0.05, 0.1) is 23.4 Å². The molecule has 0 radical (unpaired) electrons. The first-order valence-corrected chi connectivity index (χ1v) is 8.00. The summed E-state index contributed by atoms with van der Waals surface area (Å²) in [4.78, 5) is 0. The third kappa shape index (κ3) is 1.54. The van der Waals surface area contributed by atoms with Crippen LogP contribution >= 0.6 is 0 Å². The zero-order chi connectivity index (χ0) is 12.4. The highest BCUT2D eigenvalue weighted by Gasteiger charge is 2.66. The van der Waals surface area contributed by atoms with Gasteiger partial charge in [-0.3, -0.25) is 0 Å². The Balaban J connectivity index is 1.61. The Kier molecular flexibility index (Phi) is 2.43. The molecule has 2 aliphatic heterocycles. The van der Waals surface area contributed by atoms with E-state index in [2.05, 4.69) is 13.8 Å². The number of hydrogen-bond acceptors (Lipinski definition) is 2. The van der Waals surface area contributed by atoms with E-state index in [-0.39, 0.29) is 11.2 Å². The van der Waals surface area contributed by atoms with Crippen LogP contribution in [0.4, 0.5) is 0 Å². The molecule has 6 atom stereocenters. The highest BCUT2D eigenvalue weighted by Crippen LogP contribution is 2.60. The van der Waals surface area contributed by atoms with Gasteiger partial charge in [0.25, 0.3) is 0 Å². The number of hydrogen-bond donors (Lipinski definition) is 0. The van der Waals surface area contributed by atoms with Crippen LogP contribution in [0.25, 0.3) is 0 Å². The van der Waals surface area contributed by atoms with Crippen LogP contribution in [-0.4, -0.2) is 23.4 Å². The van der Waals surface area contributed by atoms with Crippen molar-refractivity contribution in [1.82, 2.24) is 0 Å². The number of epoxide rings is 2. The van der Waals surface area contributed by atoms with E-state index in [1.807, 2.05) is 0 Å². The van der Waals surface area contributed by atoms with Crippen LogP contribution < -0.4 is 0 Å². The molecule has 18 heavy (non-hydrogen) atoms. The molecule has 0 bridgehead atoms. The second kappa shape index (κ2) is 3.73. The molecule has 4 aliphatic rings. The van der Waals surface area contributed by atoms with Crippen molar-refractivity contribution in [3.8, 4) is 0 Å². The van der Waals surface area contributed by atoms with E-state index in [9.17, 15) is 0 Å². The number of fused-ring (bicyclic) bond motifs is 2. The lowest BCUT2D eigenvalue weighted by Gasteiger charge is -2.32. The van der Waals surface area contributed by atoms with Crippen molar-refractivity contribution < 1.29 is 9.47 Å². The second-order valence-electron chi connectivity index (χ2n) is 7.36. The minimum atomic E-state index is 0.199. The minimum absolute atomic E-state index is 0.199. The molecule has 0 amide bonds. The first-order valence-electron chi connectivity index (χ1n) is 8.00. The SMILES string of the molecule is CC12OC1CCCCC2C1CCCCC2OC21C. The first-order chi connectivity index (χ1) is 8.64. The summed E-state index contributed by atoms with van der Waals surface area (Å²) in [6.45, 7) is 4.75. The van der Waals surface area contributed by atoms with Gasteiger partial charge in [-0.25, -0.2) is 0 Å². The van der Waals surface area contributed by atoms with Crippen molar-refractivity contribution in [3.63, 3.8) is 0 Å². The van der Waals surface area contributed by atoms with E-state index < -0.39 is 0 Å². The number of ether oxygens (including phenoxy) is 2. The first kappa shape index (κ1) is 11.7. The van der Waals surface area contributed by atoms with Crippen LogP contribution in [0.2, 0.25) is 0 Å². The molecule has 6 unspecified atom stereocenters. The van der Waals surface area contributed by atoms with E-state index >= 15 is 0 Å². The molecule has 4 fully saturated rings. The molecular weight excluding hydrogens is 224 g/mol. The Labute approximate surface area is 110 Å². The summed E-state index contributed by atoms with van der Waals surface area (Å²) in [7, 11) is 0. The lowest BCUT2D eigenvalue weighted by molar-refractivity contribution is 0.0883. The Morgan fingerprint density at radius 2 is 1.06 bits per heavy atom. The van der Waals surface area contributed by atoms with Gasteiger partial charge in [0, 0.05) is 0 Å². The fourth-order valence-corrected chi connectivity index (χ4v) is 5.05. The molecule has 0 aromatic carbocycles. The maximum Gasteiger partial charge on any atom is 0.0952 e. The van der Waals surface area contributed by atoms with Crippen LogP contribution in [0.3, 0.4) is 0 Å². The average molecular weight is 250 g/mol. The van der Waals surface area contributed by atoms with E-state index in [0.717, 1.165) is 11.8 Å². The predicted octanol–water partition coefficient (Wildman–Crippen LogP) is 3.68. The van der Waals surface area contributed by atoms with Crippen LogP contribution in [-0.2, 0) is 9.47 Å². The van der Waals surface area contributed by atoms with E-state index in [4.69, 9.17) is 9.47 Å². The third-order valence-electron chi connectivity index (χ3n) is 6.38. The molecule has 0 spiro atoms. The van der Waals surface area contributed by atoms with Gasteiger partial charge in [-0.05, 0) is 51.4 Å². The summed E-state index contributed by atoms with van der Waals surface area (Å²) >= 11 is 0. The maximum atomic E-state index is 6.11. The van der Waals surface area contributed by atoms with Crippen LogP contribution in [0, 0.1) is 11.8 Å². The normalized spacial score (nSPS) is 59.0. The molecule has 2 saturated carbocycles. The second-order valence-corrected chi connectivity index (χ2v) is 7.36. The number of rotatable bonds is 1. The van der Waals surface area contributed by atoms with Crippen molar-refractivity contribution in [2.75, 3.05) is 0 Å². The lowest BCUT2D eigenvalue weighted by atomic mass is 9.71. The highest BCUT2D eigenvalue weighted by atomic mass is 16.6. The highest BCUT2D eigenvalue weighted by molar-refractivity contribution is 5.14. The predicted molar refractivity (Wildman–Crippen MR) is 70.5 cm³/mol. The molecule has 2 saturated heterocycles. The molecule has 4 rings (SSSR count). The maximum absolute atomic E-state index is 6.11. The van der Waals surface area contributed by atoms with Gasteiger partial charge in [0.1, 0.15) is 0 Å². The van der Waals surface area contributed by atoms with Crippen molar-refractivity contribution in [2.24, 2.45) is 11.8 Å². The summed E-state index contributed by atoms with van der Waals surface area (Å²) in [6, 6.07) is 0. The quantitative estimate of drug-likeness (QED) is 0.663. The fraction of sp³-hybridized carbons (Fsp3) is 1.00. The molecule has 0 aromatic rings. The van der Waals surface area contributed by atoms with Gasteiger partial charge < -0.3 is 9.47 Å². The van der Waals surface area contributed by atoms with Crippen molar-refractivity contribution in [1.29, 1.82) is 0 Å². The van der Waals surface area contributed by atoms with E-state index in [1.165, 1.54) is 51.4 Å². The average Bonchev–Trinajstić information content (AvgIpc) is 3.16. The Morgan fingerprint density at radius 1 is 0.667 bits per heavy atom. The smallest absolute Gasteiger partial charge is 0.0952 e. The molecule has 102 valence electrons. The lowest BCUT2D eigenvalue weighted by Crippen LogP contribution is -2.38. The zero-order valence-corrected chi connectivity index (χ0v) is 11.8. The third-order valence-corrected chi connectivity index (χ3v) is 6.38. The molecule has 2 aliphatic carbocycles. The molecule has 0 N–H and O–H groups in total. The van der Waals surface area contributed by atoms with Crippen molar-refractivity contribution in [2.45, 2.75) is 88.6 Å². The van der Waals surface area contributed by atoms with Crippen LogP contribution in [0.5, 0.6) is 0 Å². The molecule has 2 heteroatoms. The fourth-order valence-electron chi connectivity index (χ4n) is 5.05. The van der Waals surface area contributed by atoms with Crippen molar-refractivity contribution >= 4 is 0 Å². The van der Waals surface area contributed by atoms with Gasteiger partial charge in [-0.15, -0.1) is 0 Å². The van der Waals surface area contributed by atoms with E-state index in [1.54, 1.807) is 0 Å². The molecule has 2 nitrogen and oxygen atoms in total. The molecule has 2 heterocycles. The van der Waals surface area contributed by atoms with Crippen molar-refractivity contribution in [3.05, 3.63) is 0 Å². The van der Waals surface area contributed by atoms with Crippen LogP contribution in [0.15, 0.2) is 0 Å².